The molecular formula is C11H18BrN3O. The number of hydrogen-bond acceptors (Lipinski definition) is 3. The summed E-state index contributed by atoms with van der Waals surface area (Å²) in [5, 5.41) is 4.25. The van der Waals surface area contributed by atoms with Gasteiger partial charge in [-0.1, -0.05) is 6.92 Å². The van der Waals surface area contributed by atoms with Crippen LogP contribution in [0.2, 0.25) is 0 Å². The fourth-order valence-electron chi connectivity index (χ4n) is 1.49. The fraction of sp³-hybridized carbons (Fsp3) is 0.636. The van der Waals surface area contributed by atoms with E-state index in [9.17, 15) is 4.79 Å². The molecule has 1 rings (SSSR count). The van der Waals surface area contributed by atoms with Crippen molar-refractivity contribution in [1.29, 1.82) is 0 Å². The van der Waals surface area contributed by atoms with Crippen LogP contribution in [0.15, 0.2) is 4.47 Å². The van der Waals surface area contributed by atoms with E-state index >= 15 is 0 Å². The Hall–Kier alpha value is -0.680. The van der Waals surface area contributed by atoms with E-state index in [1.807, 2.05) is 27.8 Å². The quantitative estimate of drug-likeness (QED) is 0.915. The Morgan fingerprint density at radius 3 is 2.50 bits per heavy atom. The van der Waals surface area contributed by atoms with Gasteiger partial charge in [-0.15, -0.1) is 0 Å². The lowest BCUT2D eigenvalue weighted by molar-refractivity contribution is -0.122. The SMILES string of the molecule is Cc1nn(C)c(CC(=O)C(C)C(C)N)c1Br. The van der Waals surface area contributed by atoms with Crippen molar-refractivity contribution in [2.45, 2.75) is 33.2 Å². The highest BCUT2D eigenvalue weighted by Crippen LogP contribution is 2.21. The topological polar surface area (TPSA) is 60.9 Å². The van der Waals surface area contributed by atoms with E-state index in [0.717, 1.165) is 15.9 Å². The van der Waals surface area contributed by atoms with Crippen molar-refractivity contribution in [3.63, 3.8) is 0 Å². The van der Waals surface area contributed by atoms with Gasteiger partial charge in [-0.2, -0.15) is 5.10 Å². The van der Waals surface area contributed by atoms with Crippen molar-refractivity contribution in [2.24, 2.45) is 18.7 Å². The van der Waals surface area contributed by atoms with Crippen molar-refractivity contribution in [2.75, 3.05) is 0 Å². The van der Waals surface area contributed by atoms with Crippen molar-refractivity contribution in [1.82, 2.24) is 9.78 Å². The summed E-state index contributed by atoms with van der Waals surface area (Å²) in [6, 6.07) is -0.111. The van der Waals surface area contributed by atoms with E-state index in [2.05, 4.69) is 21.0 Å². The van der Waals surface area contributed by atoms with Crippen LogP contribution in [-0.2, 0) is 18.3 Å². The molecule has 16 heavy (non-hydrogen) atoms. The summed E-state index contributed by atoms with van der Waals surface area (Å²) in [6.45, 7) is 5.63. The minimum Gasteiger partial charge on any atom is -0.327 e. The van der Waals surface area contributed by atoms with Crippen LogP contribution in [0.25, 0.3) is 0 Å². The average Bonchev–Trinajstić information content (AvgIpc) is 2.43. The first-order chi connectivity index (χ1) is 7.34. The molecule has 2 unspecified atom stereocenters. The Kier molecular flexibility index (Phi) is 4.27. The monoisotopic (exact) mass is 287 g/mol. The Bertz CT molecular complexity index is 398. The average molecular weight is 288 g/mol. The van der Waals surface area contributed by atoms with Gasteiger partial charge in [0.1, 0.15) is 5.78 Å². The number of nitrogens with zero attached hydrogens (tertiary/aromatic N) is 2. The van der Waals surface area contributed by atoms with Crippen LogP contribution in [0.3, 0.4) is 0 Å². The molecule has 0 aliphatic rings. The Balaban J connectivity index is 2.85. The Morgan fingerprint density at radius 1 is 1.56 bits per heavy atom. The number of Topliss-reactive ketones (excluding diaryl/α,β-unsaturated/α-hetero) is 1. The molecule has 5 heteroatoms. The third-order valence-electron chi connectivity index (χ3n) is 2.90. The molecule has 0 fully saturated rings. The maximum absolute atomic E-state index is 11.9. The van der Waals surface area contributed by atoms with E-state index < -0.39 is 0 Å². The molecule has 0 aliphatic heterocycles. The van der Waals surface area contributed by atoms with Crippen LogP contribution in [0.4, 0.5) is 0 Å². The van der Waals surface area contributed by atoms with Crippen LogP contribution in [0.5, 0.6) is 0 Å². The fourth-order valence-corrected chi connectivity index (χ4v) is 1.97. The summed E-state index contributed by atoms with van der Waals surface area (Å²) in [6.07, 6.45) is 0.376. The Labute approximate surface area is 104 Å². The van der Waals surface area contributed by atoms with Crippen LogP contribution < -0.4 is 5.73 Å². The summed E-state index contributed by atoms with van der Waals surface area (Å²) < 4.78 is 2.66. The number of nitrogens with two attached hydrogens (primary N) is 1. The molecule has 0 aromatic carbocycles. The molecule has 0 spiro atoms. The van der Waals surface area contributed by atoms with Crippen LogP contribution in [-0.4, -0.2) is 21.6 Å². The van der Waals surface area contributed by atoms with Gasteiger partial charge in [0, 0.05) is 25.4 Å². The van der Waals surface area contributed by atoms with Crippen LogP contribution in [0.1, 0.15) is 25.2 Å². The number of ketones is 1. The van der Waals surface area contributed by atoms with E-state index in [4.69, 9.17) is 5.73 Å². The number of carbonyl (C=O) groups excluding carboxylic acids is 1. The molecule has 2 atom stereocenters. The molecular weight excluding hydrogens is 270 g/mol. The lowest BCUT2D eigenvalue weighted by atomic mass is 9.96. The second-order valence-corrected chi connectivity index (χ2v) is 5.05. The molecule has 1 heterocycles. The lowest BCUT2D eigenvalue weighted by Gasteiger charge is -2.14. The van der Waals surface area contributed by atoms with Gasteiger partial charge in [-0.3, -0.25) is 9.48 Å². The van der Waals surface area contributed by atoms with Gasteiger partial charge in [0.15, 0.2) is 0 Å². The third kappa shape index (κ3) is 2.71. The van der Waals surface area contributed by atoms with E-state index in [-0.39, 0.29) is 17.7 Å². The van der Waals surface area contributed by atoms with Gasteiger partial charge in [-0.05, 0) is 29.8 Å². The molecule has 1 aromatic rings. The molecule has 0 saturated heterocycles. The second-order valence-electron chi connectivity index (χ2n) is 4.26. The molecule has 0 radical (unpaired) electrons. The van der Waals surface area contributed by atoms with Crippen LogP contribution >= 0.6 is 15.9 Å². The molecule has 0 amide bonds. The Morgan fingerprint density at radius 2 is 2.12 bits per heavy atom. The van der Waals surface area contributed by atoms with Gasteiger partial charge in [0.05, 0.1) is 15.9 Å². The van der Waals surface area contributed by atoms with Crippen molar-refractivity contribution >= 4 is 21.7 Å². The molecule has 1 aromatic heterocycles. The van der Waals surface area contributed by atoms with Gasteiger partial charge < -0.3 is 5.73 Å². The first-order valence-corrected chi connectivity index (χ1v) is 6.10. The zero-order chi connectivity index (χ0) is 12.5. The summed E-state index contributed by atoms with van der Waals surface area (Å²) in [4.78, 5) is 11.9. The highest BCUT2D eigenvalue weighted by molar-refractivity contribution is 9.10. The van der Waals surface area contributed by atoms with Crippen molar-refractivity contribution in [3.05, 3.63) is 15.9 Å². The minimum absolute atomic E-state index is 0.111. The summed E-state index contributed by atoms with van der Waals surface area (Å²) >= 11 is 3.45. The smallest absolute Gasteiger partial charge is 0.143 e. The number of halogens is 1. The highest BCUT2D eigenvalue weighted by atomic mass is 79.9. The maximum atomic E-state index is 11.9. The van der Waals surface area contributed by atoms with Crippen LogP contribution in [0, 0.1) is 12.8 Å². The summed E-state index contributed by atoms with van der Waals surface area (Å²) in [5.41, 5.74) is 7.53. The molecule has 0 bridgehead atoms. The molecule has 2 N–H and O–H groups in total. The van der Waals surface area contributed by atoms with Gasteiger partial charge in [0.2, 0.25) is 0 Å². The summed E-state index contributed by atoms with van der Waals surface area (Å²) in [7, 11) is 1.84. The predicted octanol–water partition coefficient (Wildman–Crippen LogP) is 1.59. The van der Waals surface area contributed by atoms with Crippen molar-refractivity contribution < 1.29 is 4.79 Å². The number of rotatable bonds is 4. The number of carbonyl (C=O) groups is 1. The minimum atomic E-state index is -0.123. The van der Waals surface area contributed by atoms with Crippen molar-refractivity contribution in [3.8, 4) is 0 Å². The molecule has 90 valence electrons. The first kappa shape index (κ1) is 13.4. The normalized spacial score (nSPS) is 14.9. The number of aryl methyl sites for hydroxylation is 2. The lowest BCUT2D eigenvalue weighted by Crippen LogP contribution is -2.31. The zero-order valence-electron chi connectivity index (χ0n) is 10.1. The predicted molar refractivity (Wildman–Crippen MR) is 67.2 cm³/mol. The number of hydrogen-bond donors (Lipinski definition) is 1. The standard InChI is InChI=1S/C11H18BrN3O/c1-6(7(2)13)10(16)5-9-11(12)8(3)14-15(9)4/h6-7H,5,13H2,1-4H3. The van der Waals surface area contributed by atoms with E-state index in [1.54, 1.807) is 4.68 Å². The summed E-state index contributed by atoms with van der Waals surface area (Å²) in [5.74, 6) is 0.0285. The van der Waals surface area contributed by atoms with E-state index in [1.165, 1.54) is 0 Å². The number of aromatic nitrogens is 2. The zero-order valence-corrected chi connectivity index (χ0v) is 11.7. The van der Waals surface area contributed by atoms with Gasteiger partial charge in [0.25, 0.3) is 0 Å². The highest BCUT2D eigenvalue weighted by Gasteiger charge is 2.21. The molecule has 4 nitrogen and oxygen atoms in total. The van der Waals surface area contributed by atoms with Gasteiger partial charge in [-0.25, -0.2) is 0 Å². The van der Waals surface area contributed by atoms with E-state index in [0.29, 0.717) is 6.42 Å². The molecule has 0 saturated carbocycles. The first-order valence-electron chi connectivity index (χ1n) is 5.30. The largest absolute Gasteiger partial charge is 0.327 e. The molecule has 0 aliphatic carbocycles. The van der Waals surface area contributed by atoms with Gasteiger partial charge >= 0.3 is 0 Å². The maximum Gasteiger partial charge on any atom is 0.143 e. The second kappa shape index (κ2) is 5.10. The third-order valence-corrected chi connectivity index (χ3v) is 3.93.